The first-order valence-corrected chi connectivity index (χ1v) is 7.44. The van der Waals surface area contributed by atoms with E-state index < -0.39 is 0 Å². The van der Waals surface area contributed by atoms with E-state index in [1.807, 2.05) is 18.2 Å². The van der Waals surface area contributed by atoms with E-state index in [9.17, 15) is 0 Å². The van der Waals surface area contributed by atoms with Gasteiger partial charge in [-0.3, -0.25) is 0 Å². The monoisotopic (exact) mass is 277 g/mol. The zero-order valence-corrected chi connectivity index (χ0v) is 12.7. The smallest absolute Gasteiger partial charge is 0.0212 e. The van der Waals surface area contributed by atoms with E-state index in [-0.39, 0.29) is 5.41 Å². The maximum absolute atomic E-state index is 7.57. The minimum atomic E-state index is 0.273. The minimum absolute atomic E-state index is 0.273. The lowest BCUT2D eigenvalue weighted by molar-refractivity contribution is 0.719. The highest BCUT2D eigenvalue weighted by Crippen LogP contribution is 2.50. The molecule has 1 nitrogen and oxygen atoms in total. The summed E-state index contributed by atoms with van der Waals surface area (Å²) in [6.07, 6.45) is 16.8. The molecule has 0 spiro atoms. The fourth-order valence-corrected chi connectivity index (χ4v) is 2.32. The van der Waals surface area contributed by atoms with E-state index >= 15 is 0 Å². The van der Waals surface area contributed by atoms with Crippen LogP contribution in [-0.4, -0.2) is 6.21 Å². The van der Waals surface area contributed by atoms with Gasteiger partial charge < -0.3 is 5.41 Å². The molecule has 0 amide bonds. The maximum Gasteiger partial charge on any atom is 0.0212 e. The molecule has 0 bridgehead atoms. The van der Waals surface area contributed by atoms with Crippen LogP contribution in [-0.2, 0) is 6.42 Å². The summed E-state index contributed by atoms with van der Waals surface area (Å²) in [4.78, 5) is 0. The summed E-state index contributed by atoms with van der Waals surface area (Å²) in [6.45, 7) is 5.89. The Morgan fingerprint density at radius 1 is 1.29 bits per heavy atom. The van der Waals surface area contributed by atoms with E-state index in [1.165, 1.54) is 35.8 Å². The van der Waals surface area contributed by atoms with Gasteiger partial charge in [-0.15, -0.1) is 0 Å². The van der Waals surface area contributed by atoms with Gasteiger partial charge in [0.2, 0.25) is 0 Å². The van der Waals surface area contributed by atoms with Crippen molar-refractivity contribution < 1.29 is 0 Å². The van der Waals surface area contributed by atoms with Crippen molar-refractivity contribution in [3.05, 3.63) is 77.9 Å². The van der Waals surface area contributed by atoms with Gasteiger partial charge in [0.05, 0.1) is 0 Å². The fraction of sp³-hybridized carbons (Fsp3) is 0.250. The Hall–Kier alpha value is -2.15. The third-order valence-electron chi connectivity index (χ3n) is 4.01. The lowest BCUT2D eigenvalue weighted by Gasteiger charge is -2.09. The van der Waals surface area contributed by atoms with Crippen molar-refractivity contribution in [1.29, 1.82) is 5.41 Å². The molecule has 1 N–H and O–H groups in total. The summed E-state index contributed by atoms with van der Waals surface area (Å²) in [5.74, 6) is 0. The zero-order chi connectivity index (χ0) is 15.1. The molecule has 1 aliphatic rings. The quantitative estimate of drug-likeness (QED) is 0.512. The molecule has 1 fully saturated rings. The maximum atomic E-state index is 7.57. The van der Waals surface area contributed by atoms with Crippen LogP contribution in [0.25, 0.3) is 6.08 Å². The zero-order valence-electron chi connectivity index (χ0n) is 12.7. The van der Waals surface area contributed by atoms with E-state index in [2.05, 4.69) is 49.9 Å². The third kappa shape index (κ3) is 4.42. The van der Waals surface area contributed by atoms with E-state index in [4.69, 9.17) is 5.41 Å². The van der Waals surface area contributed by atoms with Crippen LogP contribution in [0.3, 0.4) is 0 Å². The fourth-order valence-electron chi connectivity index (χ4n) is 2.32. The largest absolute Gasteiger partial charge is 0.308 e. The molecule has 2 rings (SSSR count). The van der Waals surface area contributed by atoms with Gasteiger partial charge in [0.1, 0.15) is 0 Å². The van der Waals surface area contributed by atoms with Crippen LogP contribution in [0.15, 0.2) is 66.8 Å². The molecule has 0 radical (unpaired) electrons. The summed E-state index contributed by atoms with van der Waals surface area (Å²) < 4.78 is 0. The van der Waals surface area contributed by atoms with Crippen LogP contribution in [0.5, 0.6) is 0 Å². The van der Waals surface area contributed by atoms with Crippen LogP contribution < -0.4 is 0 Å². The standard InChI is InChI=1S/C20H23N/c1-3-4-5-6-8-17-9-7-10-18(15-17)11-12-19(16-21)20(2)13-14-20/h3-10,12,15-16,21H,1,11,13-14H2,2H3/b5-4-,8-6?,19-12+,21-16?. The first-order valence-electron chi connectivity index (χ1n) is 7.44. The molecular weight excluding hydrogens is 254 g/mol. The van der Waals surface area contributed by atoms with E-state index in [0.717, 1.165) is 6.42 Å². The lowest BCUT2D eigenvalue weighted by Crippen LogP contribution is -2.00. The predicted octanol–water partition coefficient (Wildman–Crippen LogP) is 5.36. The van der Waals surface area contributed by atoms with Crippen molar-refractivity contribution in [2.75, 3.05) is 0 Å². The predicted molar refractivity (Wildman–Crippen MR) is 92.7 cm³/mol. The normalized spacial score (nSPS) is 17.3. The Bertz CT molecular complexity index is 598. The summed E-state index contributed by atoms with van der Waals surface area (Å²) in [5, 5.41) is 7.57. The average Bonchev–Trinajstić information content (AvgIpc) is 3.23. The molecule has 1 saturated carbocycles. The minimum Gasteiger partial charge on any atom is -0.308 e. The van der Waals surface area contributed by atoms with Crippen molar-refractivity contribution >= 4 is 12.3 Å². The van der Waals surface area contributed by atoms with Crippen molar-refractivity contribution in [2.45, 2.75) is 26.2 Å². The molecular formula is C20H23N. The van der Waals surface area contributed by atoms with Gasteiger partial charge in [-0.05, 0) is 41.4 Å². The van der Waals surface area contributed by atoms with Crippen LogP contribution in [0, 0.1) is 10.8 Å². The van der Waals surface area contributed by atoms with Crippen molar-refractivity contribution in [1.82, 2.24) is 0 Å². The van der Waals surface area contributed by atoms with Gasteiger partial charge in [0.25, 0.3) is 0 Å². The second-order valence-electron chi connectivity index (χ2n) is 5.79. The number of hydrogen-bond donors (Lipinski definition) is 1. The SMILES string of the molecule is C=C/C=C\C=Cc1cccc(C/C=C(\C=N)C2(C)CC2)c1. The van der Waals surface area contributed by atoms with Crippen molar-refractivity contribution in [2.24, 2.45) is 5.41 Å². The van der Waals surface area contributed by atoms with Gasteiger partial charge in [-0.1, -0.05) is 74.2 Å². The molecule has 0 saturated heterocycles. The molecule has 0 unspecified atom stereocenters. The second kappa shape index (κ2) is 7.03. The highest BCUT2D eigenvalue weighted by Gasteiger charge is 2.39. The van der Waals surface area contributed by atoms with Gasteiger partial charge in [-0.2, -0.15) is 0 Å². The second-order valence-corrected chi connectivity index (χ2v) is 5.79. The van der Waals surface area contributed by atoms with Crippen molar-refractivity contribution in [3.8, 4) is 0 Å². The molecule has 1 aromatic rings. The Kier molecular flexibility index (Phi) is 5.10. The Morgan fingerprint density at radius 3 is 2.76 bits per heavy atom. The van der Waals surface area contributed by atoms with Gasteiger partial charge >= 0.3 is 0 Å². The summed E-state index contributed by atoms with van der Waals surface area (Å²) in [5.41, 5.74) is 3.93. The molecule has 0 aliphatic heterocycles. The average molecular weight is 277 g/mol. The molecule has 1 heteroatoms. The molecule has 21 heavy (non-hydrogen) atoms. The van der Waals surface area contributed by atoms with Gasteiger partial charge in [0.15, 0.2) is 0 Å². The van der Waals surface area contributed by atoms with Crippen LogP contribution in [0.4, 0.5) is 0 Å². The third-order valence-corrected chi connectivity index (χ3v) is 4.01. The lowest BCUT2D eigenvalue weighted by atomic mass is 9.96. The Labute approximate surface area is 127 Å². The van der Waals surface area contributed by atoms with Crippen LogP contribution in [0.2, 0.25) is 0 Å². The molecule has 0 heterocycles. The number of rotatable bonds is 7. The first-order chi connectivity index (χ1) is 10.2. The summed E-state index contributed by atoms with van der Waals surface area (Å²) in [7, 11) is 0. The first kappa shape index (κ1) is 15.2. The Morgan fingerprint density at radius 2 is 2.10 bits per heavy atom. The molecule has 108 valence electrons. The highest BCUT2D eigenvalue weighted by atomic mass is 14.5. The summed E-state index contributed by atoms with van der Waals surface area (Å²) >= 11 is 0. The topological polar surface area (TPSA) is 23.9 Å². The molecule has 0 aromatic heterocycles. The van der Waals surface area contributed by atoms with Crippen molar-refractivity contribution in [3.63, 3.8) is 0 Å². The molecule has 0 atom stereocenters. The Balaban J connectivity index is 2.05. The highest BCUT2D eigenvalue weighted by molar-refractivity contribution is 5.78. The summed E-state index contributed by atoms with van der Waals surface area (Å²) in [6, 6.07) is 8.53. The van der Waals surface area contributed by atoms with E-state index in [0.29, 0.717) is 0 Å². The number of hydrogen-bond acceptors (Lipinski definition) is 1. The molecule has 1 aliphatic carbocycles. The molecule has 1 aromatic carbocycles. The van der Waals surface area contributed by atoms with Crippen LogP contribution in [0.1, 0.15) is 30.9 Å². The van der Waals surface area contributed by atoms with Gasteiger partial charge in [-0.25, -0.2) is 0 Å². The number of nitrogens with one attached hydrogen (secondary N) is 1. The van der Waals surface area contributed by atoms with E-state index in [1.54, 1.807) is 6.08 Å². The van der Waals surface area contributed by atoms with Crippen LogP contribution >= 0.6 is 0 Å². The van der Waals surface area contributed by atoms with Gasteiger partial charge in [0, 0.05) is 6.21 Å². The number of allylic oxidation sites excluding steroid dienone is 6. The number of benzene rings is 1.